The molecule has 0 aliphatic heterocycles. The van der Waals surface area contributed by atoms with Crippen LogP contribution in [0, 0.1) is 0 Å². The summed E-state index contributed by atoms with van der Waals surface area (Å²) in [6, 6.07) is 8.13. The van der Waals surface area contributed by atoms with Gasteiger partial charge < -0.3 is 9.67 Å². The molecule has 1 aromatic heterocycles. The minimum atomic E-state index is -0.868. The van der Waals surface area contributed by atoms with Gasteiger partial charge in [-0.3, -0.25) is 0 Å². The van der Waals surface area contributed by atoms with Crippen LogP contribution in [0.1, 0.15) is 39.4 Å². The van der Waals surface area contributed by atoms with Crippen LogP contribution in [0.4, 0.5) is 0 Å². The lowest BCUT2D eigenvalue weighted by atomic mass is 10.1. The number of nitrogens with zero attached hydrogens (tertiary/aromatic N) is 1. The lowest BCUT2D eigenvalue weighted by Crippen LogP contribution is -2.21. The van der Waals surface area contributed by atoms with Gasteiger partial charge in [-0.05, 0) is 45.9 Å². The first-order valence-corrected chi connectivity index (χ1v) is 6.22. The molecular weight excluding hydrogens is 234 g/mol. The molecule has 0 aliphatic rings. The zero-order valence-electron chi connectivity index (χ0n) is 10.7. The summed E-state index contributed by atoms with van der Waals surface area (Å²) in [5.74, 6) is 0. The van der Waals surface area contributed by atoms with Crippen LogP contribution in [0.2, 0.25) is 5.02 Å². The third-order valence-electron chi connectivity index (χ3n) is 2.97. The zero-order valence-corrected chi connectivity index (χ0v) is 11.4. The van der Waals surface area contributed by atoms with E-state index in [0.717, 1.165) is 21.6 Å². The summed E-state index contributed by atoms with van der Waals surface area (Å²) in [5, 5.41) is 12.0. The molecule has 1 N–H and O–H groups in total. The Morgan fingerprint density at radius 3 is 2.47 bits per heavy atom. The maximum Gasteiger partial charge on any atom is 0.0989 e. The van der Waals surface area contributed by atoms with Crippen molar-refractivity contribution >= 4 is 22.5 Å². The number of aromatic nitrogens is 1. The van der Waals surface area contributed by atoms with E-state index < -0.39 is 5.60 Å². The van der Waals surface area contributed by atoms with Gasteiger partial charge in [0.2, 0.25) is 0 Å². The number of halogens is 1. The van der Waals surface area contributed by atoms with Crippen molar-refractivity contribution in [3.63, 3.8) is 0 Å². The van der Waals surface area contributed by atoms with E-state index >= 15 is 0 Å². The van der Waals surface area contributed by atoms with E-state index in [4.69, 9.17) is 11.6 Å². The number of hydrogen-bond donors (Lipinski definition) is 1. The summed E-state index contributed by atoms with van der Waals surface area (Å²) in [6.45, 7) is 7.81. The molecule has 0 fully saturated rings. The molecule has 0 saturated heterocycles. The fourth-order valence-corrected chi connectivity index (χ4v) is 2.47. The normalized spacial score (nSPS) is 12.6. The Morgan fingerprint density at radius 2 is 1.94 bits per heavy atom. The van der Waals surface area contributed by atoms with E-state index in [0.29, 0.717) is 0 Å². The molecule has 92 valence electrons. The molecule has 1 heterocycles. The Balaban J connectivity index is 2.85. The Morgan fingerprint density at radius 1 is 1.29 bits per heavy atom. The second-order valence-corrected chi connectivity index (χ2v) is 5.63. The van der Waals surface area contributed by atoms with E-state index in [1.807, 2.05) is 24.3 Å². The molecule has 2 aromatic rings. The van der Waals surface area contributed by atoms with Gasteiger partial charge in [-0.1, -0.05) is 17.7 Å². The summed E-state index contributed by atoms with van der Waals surface area (Å²) >= 11 is 6.20. The van der Waals surface area contributed by atoms with Crippen LogP contribution in [-0.2, 0) is 5.60 Å². The van der Waals surface area contributed by atoms with Crippen molar-refractivity contribution < 1.29 is 5.11 Å². The first-order valence-electron chi connectivity index (χ1n) is 5.84. The van der Waals surface area contributed by atoms with Crippen LogP contribution >= 0.6 is 11.6 Å². The standard InChI is InChI=1S/C14H18ClNO/c1-9(2)16-12-7-5-6-11(15)10(12)8-13(16)14(3,4)17/h5-9,17H,1-4H3. The maximum atomic E-state index is 10.2. The minimum Gasteiger partial charge on any atom is -0.384 e. The monoisotopic (exact) mass is 251 g/mol. The van der Waals surface area contributed by atoms with Gasteiger partial charge in [0.25, 0.3) is 0 Å². The SMILES string of the molecule is CC(C)n1c(C(C)(C)O)cc2c(Cl)cccc21. The largest absolute Gasteiger partial charge is 0.384 e. The smallest absolute Gasteiger partial charge is 0.0989 e. The number of aliphatic hydroxyl groups is 1. The summed E-state index contributed by atoms with van der Waals surface area (Å²) in [7, 11) is 0. The molecule has 0 aliphatic carbocycles. The fraction of sp³-hybridized carbons (Fsp3) is 0.429. The first kappa shape index (κ1) is 12.5. The van der Waals surface area contributed by atoms with Crippen molar-refractivity contribution in [3.8, 4) is 0 Å². The summed E-state index contributed by atoms with van der Waals surface area (Å²) < 4.78 is 2.14. The van der Waals surface area contributed by atoms with Crippen molar-refractivity contribution in [2.45, 2.75) is 39.3 Å². The van der Waals surface area contributed by atoms with E-state index in [2.05, 4.69) is 18.4 Å². The predicted octanol–water partition coefficient (Wildman–Crippen LogP) is 4.10. The van der Waals surface area contributed by atoms with Gasteiger partial charge in [0.1, 0.15) is 0 Å². The molecule has 17 heavy (non-hydrogen) atoms. The minimum absolute atomic E-state index is 0.285. The third kappa shape index (κ3) is 2.07. The van der Waals surface area contributed by atoms with Gasteiger partial charge >= 0.3 is 0 Å². The van der Waals surface area contributed by atoms with E-state index in [-0.39, 0.29) is 6.04 Å². The van der Waals surface area contributed by atoms with Gasteiger partial charge in [-0.2, -0.15) is 0 Å². The topological polar surface area (TPSA) is 25.2 Å². The quantitative estimate of drug-likeness (QED) is 0.854. The van der Waals surface area contributed by atoms with Gasteiger partial charge in [-0.15, -0.1) is 0 Å². The molecule has 3 heteroatoms. The molecule has 0 radical (unpaired) electrons. The Bertz CT molecular complexity index is 549. The molecule has 0 unspecified atom stereocenters. The first-order chi connectivity index (χ1) is 7.82. The second kappa shape index (κ2) is 4.04. The summed E-state index contributed by atoms with van der Waals surface area (Å²) in [4.78, 5) is 0. The Kier molecular flexibility index (Phi) is 2.96. The van der Waals surface area contributed by atoms with Crippen molar-refractivity contribution in [1.82, 2.24) is 4.57 Å². The van der Waals surface area contributed by atoms with Crippen LogP contribution < -0.4 is 0 Å². The van der Waals surface area contributed by atoms with Crippen LogP contribution in [0.15, 0.2) is 24.3 Å². The molecule has 2 nitrogen and oxygen atoms in total. The average molecular weight is 252 g/mol. The van der Waals surface area contributed by atoms with Crippen LogP contribution in [0.5, 0.6) is 0 Å². The highest BCUT2D eigenvalue weighted by Crippen LogP contribution is 2.34. The van der Waals surface area contributed by atoms with Crippen molar-refractivity contribution in [1.29, 1.82) is 0 Å². The van der Waals surface area contributed by atoms with Crippen molar-refractivity contribution in [2.24, 2.45) is 0 Å². The molecule has 0 atom stereocenters. The predicted molar refractivity (Wildman–Crippen MR) is 72.6 cm³/mol. The molecule has 2 rings (SSSR count). The molecule has 1 aromatic carbocycles. The fourth-order valence-electron chi connectivity index (χ4n) is 2.24. The van der Waals surface area contributed by atoms with Crippen molar-refractivity contribution in [2.75, 3.05) is 0 Å². The molecule has 0 bridgehead atoms. The Labute approximate surface area is 107 Å². The lowest BCUT2D eigenvalue weighted by Gasteiger charge is -2.23. The number of hydrogen-bond acceptors (Lipinski definition) is 1. The number of rotatable bonds is 2. The zero-order chi connectivity index (χ0) is 12.8. The van der Waals surface area contributed by atoms with E-state index in [1.165, 1.54) is 0 Å². The van der Waals surface area contributed by atoms with Crippen LogP contribution in [0.25, 0.3) is 10.9 Å². The third-order valence-corrected chi connectivity index (χ3v) is 3.30. The van der Waals surface area contributed by atoms with Gasteiger partial charge in [0, 0.05) is 16.5 Å². The van der Waals surface area contributed by atoms with Gasteiger partial charge in [0.15, 0.2) is 0 Å². The lowest BCUT2D eigenvalue weighted by molar-refractivity contribution is 0.0691. The molecule has 0 spiro atoms. The van der Waals surface area contributed by atoms with E-state index in [1.54, 1.807) is 13.8 Å². The Hall–Kier alpha value is -0.990. The highest BCUT2D eigenvalue weighted by molar-refractivity contribution is 6.35. The average Bonchev–Trinajstić information content (AvgIpc) is 2.57. The molecule has 0 saturated carbocycles. The maximum absolute atomic E-state index is 10.2. The van der Waals surface area contributed by atoms with Gasteiger partial charge in [0.05, 0.1) is 16.8 Å². The molecular formula is C14H18ClNO. The van der Waals surface area contributed by atoms with Crippen LogP contribution in [0.3, 0.4) is 0 Å². The molecule has 0 amide bonds. The van der Waals surface area contributed by atoms with E-state index in [9.17, 15) is 5.11 Å². The summed E-state index contributed by atoms with van der Waals surface area (Å²) in [5.41, 5.74) is 1.10. The highest BCUT2D eigenvalue weighted by Gasteiger charge is 2.24. The van der Waals surface area contributed by atoms with Crippen molar-refractivity contribution in [3.05, 3.63) is 35.0 Å². The van der Waals surface area contributed by atoms with Gasteiger partial charge in [-0.25, -0.2) is 0 Å². The van der Waals surface area contributed by atoms with Crippen LogP contribution in [-0.4, -0.2) is 9.67 Å². The highest BCUT2D eigenvalue weighted by atomic mass is 35.5. The number of benzene rings is 1. The second-order valence-electron chi connectivity index (χ2n) is 5.22. The summed E-state index contributed by atoms with van der Waals surface area (Å²) in [6.07, 6.45) is 0. The number of fused-ring (bicyclic) bond motifs is 1.